The highest BCUT2D eigenvalue weighted by Gasteiger charge is 2.30. The zero-order valence-corrected chi connectivity index (χ0v) is 12.1. The number of nitrogens with one attached hydrogen (secondary N) is 1. The Morgan fingerprint density at radius 3 is 2.80 bits per heavy atom. The van der Waals surface area contributed by atoms with Crippen LogP contribution < -0.4 is 5.32 Å². The molecule has 6 nitrogen and oxygen atoms in total. The fourth-order valence-electron chi connectivity index (χ4n) is 2.29. The van der Waals surface area contributed by atoms with Crippen molar-refractivity contribution in [2.75, 3.05) is 17.6 Å². The Bertz CT molecular complexity index is 613. The van der Waals surface area contributed by atoms with E-state index in [-0.39, 0.29) is 17.9 Å². The first kappa shape index (κ1) is 14.8. The quantitative estimate of drug-likeness (QED) is 0.851. The first-order valence-electron chi connectivity index (χ1n) is 6.62. The molecule has 0 spiro atoms. The van der Waals surface area contributed by atoms with Gasteiger partial charge in [0, 0.05) is 12.2 Å². The first-order chi connectivity index (χ1) is 9.42. The lowest BCUT2D eigenvalue weighted by atomic mass is 10.2. The molecule has 110 valence electrons. The topological polar surface area (TPSA) is 96.4 Å². The molecule has 1 unspecified atom stereocenters. The van der Waals surface area contributed by atoms with Crippen molar-refractivity contribution in [3.05, 3.63) is 23.4 Å². The van der Waals surface area contributed by atoms with Crippen molar-refractivity contribution in [1.29, 1.82) is 0 Å². The van der Waals surface area contributed by atoms with Crippen LogP contribution >= 0.6 is 0 Å². The summed E-state index contributed by atoms with van der Waals surface area (Å²) in [6, 6.07) is 2.96. The minimum absolute atomic E-state index is 0.161. The van der Waals surface area contributed by atoms with Gasteiger partial charge in [0.1, 0.15) is 5.82 Å². The summed E-state index contributed by atoms with van der Waals surface area (Å²) in [5, 5.41) is 11.6. The largest absolute Gasteiger partial charge is 0.478 e. The molecule has 1 aromatic heterocycles. The monoisotopic (exact) mass is 298 g/mol. The Morgan fingerprint density at radius 1 is 1.50 bits per heavy atom. The lowest BCUT2D eigenvalue weighted by Crippen LogP contribution is -2.25. The van der Waals surface area contributed by atoms with E-state index in [1.165, 1.54) is 12.1 Å². The minimum Gasteiger partial charge on any atom is -0.478 e. The summed E-state index contributed by atoms with van der Waals surface area (Å²) in [4.78, 5) is 15.3. The van der Waals surface area contributed by atoms with Crippen LogP contribution in [0.15, 0.2) is 12.1 Å². The Balaban J connectivity index is 2.13. The second kappa shape index (κ2) is 5.78. The molecule has 2 heterocycles. The number of sulfone groups is 1. The highest BCUT2D eigenvalue weighted by Crippen LogP contribution is 2.20. The highest BCUT2D eigenvalue weighted by atomic mass is 32.2. The van der Waals surface area contributed by atoms with Crippen LogP contribution in [-0.2, 0) is 16.3 Å². The molecular formula is C13H18N2O4S. The number of aryl methyl sites for hydroxylation is 1. The van der Waals surface area contributed by atoms with Crippen LogP contribution in [0.25, 0.3) is 0 Å². The maximum atomic E-state index is 11.7. The molecule has 0 aliphatic carbocycles. The number of carboxylic acid groups (broad SMARTS) is 1. The smallest absolute Gasteiger partial charge is 0.335 e. The van der Waals surface area contributed by atoms with Crippen LogP contribution in [-0.4, -0.2) is 42.0 Å². The number of carbonyl (C=O) groups is 1. The number of rotatable bonds is 5. The van der Waals surface area contributed by atoms with Crippen molar-refractivity contribution < 1.29 is 18.3 Å². The maximum absolute atomic E-state index is 11.7. The predicted molar refractivity (Wildman–Crippen MR) is 75.9 cm³/mol. The number of hydrogen-bond acceptors (Lipinski definition) is 5. The van der Waals surface area contributed by atoms with Gasteiger partial charge in [-0.2, -0.15) is 0 Å². The SMILES string of the molecule is CCc1cc(C(=O)O)cc(NCC2CCCS2(=O)=O)n1. The Kier molecular flexibility index (Phi) is 4.27. The average Bonchev–Trinajstić information content (AvgIpc) is 2.74. The highest BCUT2D eigenvalue weighted by molar-refractivity contribution is 7.92. The van der Waals surface area contributed by atoms with Gasteiger partial charge in [-0.3, -0.25) is 0 Å². The van der Waals surface area contributed by atoms with Gasteiger partial charge in [0.05, 0.1) is 16.6 Å². The summed E-state index contributed by atoms with van der Waals surface area (Å²) in [6.07, 6.45) is 1.96. The summed E-state index contributed by atoms with van der Waals surface area (Å²) in [5.41, 5.74) is 0.829. The number of pyridine rings is 1. The zero-order valence-electron chi connectivity index (χ0n) is 11.3. The third-order valence-electron chi connectivity index (χ3n) is 3.46. The third-order valence-corrected chi connectivity index (χ3v) is 5.74. The Morgan fingerprint density at radius 2 is 2.25 bits per heavy atom. The molecule has 0 saturated carbocycles. The standard InChI is InChI=1S/C13H18N2O4S/c1-2-10-6-9(13(16)17)7-12(15-10)14-8-11-4-3-5-20(11,18)19/h6-7,11H,2-5,8H2,1H3,(H,14,15)(H,16,17). The van der Waals surface area contributed by atoms with Gasteiger partial charge in [0.15, 0.2) is 9.84 Å². The van der Waals surface area contributed by atoms with Gasteiger partial charge in [-0.15, -0.1) is 0 Å². The van der Waals surface area contributed by atoms with E-state index in [2.05, 4.69) is 10.3 Å². The number of carboxylic acids is 1. The summed E-state index contributed by atoms with van der Waals surface area (Å²) in [7, 11) is -3.01. The summed E-state index contributed by atoms with van der Waals surface area (Å²) in [6.45, 7) is 2.17. The van der Waals surface area contributed by atoms with E-state index in [4.69, 9.17) is 5.11 Å². The van der Waals surface area contributed by atoms with Crippen molar-refractivity contribution in [3.8, 4) is 0 Å². The summed E-state index contributed by atoms with van der Waals surface area (Å²) >= 11 is 0. The van der Waals surface area contributed by atoms with Crippen molar-refractivity contribution in [2.24, 2.45) is 0 Å². The van der Waals surface area contributed by atoms with Crippen LogP contribution in [0.5, 0.6) is 0 Å². The molecule has 20 heavy (non-hydrogen) atoms. The average molecular weight is 298 g/mol. The zero-order chi connectivity index (χ0) is 14.8. The molecule has 2 N–H and O–H groups in total. The maximum Gasteiger partial charge on any atom is 0.335 e. The number of nitrogens with zero attached hydrogens (tertiary/aromatic N) is 1. The molecule has 1 saturated heterocycles. The lowest BCUT2D eigenvalue weighted by molar-refractivity contribution is 0.0696. The number of hydrogen-bond donors (Lipinski definition) is 2. The van der Waals surface area contributed by atoms with Crippen molar-refractivity contribution in [1.82, 2.24) is 4.98 Å². The second-order valence-electron chi connectivity index (χ2n) is 4.90. The Labute approximate surface area is 118 Å². The van der Waals surface area contributed by atoms with Crippen molar-refractivity contribution in [3.63, 3.8) is 0 Å². The number of anilines is 1. The third kappa shape index (κ3) is 3.27. The van der Waals surface area contributed by atoms with Gasteiger partial charge >= 0.3 is 5.97 Å². The normalized spacial score (nSPS) is 20.8. The lowest BCUT2D eigenvalue weighted by Gasteiger charge is -2.12. The van der Waals surface area contributed by atoms with Gasteiger partial charge in [-0.05, 0) is 31.4 Å². The van der Waals surface area contributed by atoms with Gasteiger partial charge in [-0.25, -0.2) is 18.2 Å². The van der Waals surface area contributed by atoms with Gasteiger partial charge in [-0.1, -0.05) is 6.92 Å². The molecule has 7 heteroatoms. The summed E-state index contributed by atoms with van der Waals surface area (Å²) in [5.74, 6) is -0.357. The minimum atomic E-state index is -3.01. The second-order valence-corrected chi connectivity index (χ2v) is 7.30. The molecule has 1 aliphatic rings. The molecule has 0 bridgehead atoms. The number of aromatic nitrogens is 1. The first-order valence-corrected chi connectivity index (χ1v) is 8.33. The fourth-order valence-corrected chi connectivity index (χ4v) is 4.05. The molecule has 1 atom stereocenters. The molecule has 2 rings (SSSR count). The van der Waals surface area contributed by atoms with Crippen LogP contribution in [0.2, 0.25) is 0 Å². The van der Waals surface area contributed by atoms with Crippen molar-refractivity contribution in [2.45, 2.75) is 31.4 Å². The van der Waals surface area contributed by atoms with E-state index in [1.54, 1.807) is 0 Å². The van der Waals surface area contributed by atoms with E-state index in [0.29, 0.717) is 30.8 Å². The van der Waals surface area contributed by atoms with E-state index in [9.17, 15) is 13.2 Å². The molecule has 0 aromatic carbocycles. The summed E-state index contributed by atoms with van der Waals surface area (Å²) < 4.78 is 23.5. The Hall–Kier alpha value is -1.63. The van der Waals surface area contributed by atoms with Gasteiger partial charge < -0.3 is 10.4 Å². The van der Waals surface area contributed by atoms with Crippen LogP contribution in [0, 0.1) is 0 Å². The molecule has 0 radical (unpaired) electrons. The number of aromatic carboxylic acids is 1. The van der Waals surface area contributed by atoms with Gasteiger partial charge in [0.2, 0.25) is 0 Å². The van der Waals surface area contributed by atoms with Crippen LogP contribution in [0.3, 0.4) is 0 Å². The molecule has 1 aromatic rings. The van der Waals surface area contributed by atoms with Crippen LogP contribution in [0.4, 0.5) is 5.82 Å². The van der Waals surface area contributed by atoms with E-state index in [0.717, 1.165) is 0 Å². The van der Waals surface area contributed by atoms with E-state index >= 15 is 0 Å². The predicted octanol–water partition coefficient (Wildman–Crippen LogP) is 1.33. The van der Waals surface area contributed by atoms with Crippen LogP contribution in [0.1, 0.15) is 35.8 Å². The van der Waals surface area contributed by atoms with E-state index in [1.807, 2.05) is 6.92 Å². The van der Waals surface area contributed by atoms with Gasteiger partial charge in [0.25, 0.3) is 0 Å². The van der Waals surface area contributed by atoms with E-state index < -0.39 is 21.1 Å². The van der Waals surface area contributed by atoms with Crippen molar-refractivity contribution >= 4 is 21.6 Å². The molecule has 0 amide bonds. The fraction of sp³-hybridized carbons (Fsp3) is 0.538. The molecule has 1 aliphatic heterocycles. The molecule has 1 fully saturated rings. The molecular weight excluding hydrogens is 280 g/mol.